The smallest absolute Gasteiger partial charge is 0.266 e. The summed E-state index contributed by atoms with van der Waals surface area (Å²) in [5.41, 5.74) is 1.14. The van der Waals surface area contributed by atoms with Crippen LogP contribution in [0.1, 0.15) is 25.3 Å². The zero-order valence-electron chi connectivity index (χ0n) is 12.3. The Morgan fingerprint density at radius 1 is 1.10 bits per heavy atom. The fraction of sp³-hybridized carbons (Fsp3) is 0.533. The zero-order chi connectivity index (χ0) is 14.9. The van der Waals surface area contributed by atoms with E-state index in [4.69, 9.17) is 0 Å². The van der Waals surface area contributed by atoms with E-state index in [1.807, 2.05) is 12.1 Å². The van der Waals surface area contributed by atoms with E-state index in [1.54, 1.807) is 12.1 Å². The van der Waals surface area contributed by atoms with Crippen LogP contribution >= 0.6 is 0 Å². The average Bonchev–Trinajstić information content (AvgIpc) is 3.17. The Morgan fingerprint density at radius 3 is 2.38 bits per heavy atom. The summed E-state index contributed by atoms with van der Waals surface area (Å²) < 4.78 is 27.1. The number of sulfonamides is 1. The van der Waals surface area contributed by atoms with E-state index in [2.05, 4.69) is 16.8 Å². The molecule has 0 aromatic heterocycles. The Hall–Kier alpha value is -1.56. The number of rotatable bonds is 3. The number of aryl methyl sites for hydroxylation is 1. The molecule has 0 unspecified atom stereocenters. The van der Waals surface area contributed by atoms with Crippen molar-refractivity contribution in [2.45, 2.75) is 31.1 Å². The monoisotopic (exact) mass is 307 g/mol. The Balaban J connectivity index is 1.88. The highest BCUT2D eigenvalue weighted by Crippen LogP contribution is 2.22. The van der Waals surface area contributed by atoms with Crippen LogP contribution in [0.15, 0.2) is 34.2 Å². The fourth-order valence-electron chi connectivity index (χ4n) is 2.85. The molecule has 1 saturated heterocycles. The number of guanidine groups is 1. The number of benzene rings is 1. The number of aliphatic imine (C=N–C) groups is 1. The van der Waals surface area contributed by atoms with Crippen molar-refractivity contribution in [2.24, 2.45) is 4.99 Å². The molecule has 2 heterocycles. The highest BCUT2D eigenvalue weighted by Gasteiger charge is 2.34. The molecule has 2 aliphatic heterocycles. The summed E-state index contributed by atoms with van der Waals surface area (Å²) in [5, 5.41) is 0. The van der Waals surface area contributed by atoms with E-state index in [0.29, 0.717) is 23.9 Å². The number of hydrogen-bond donors (Lipinski definition) is 0. The fourth-order valence-corrected chi connectivity index (χ4v) is 4.29. The molecular formula is C15H21N3O2S. The Bertz CT molecular complexity index is 631. The zero-order valence-corrected chi connectivity index (χ0v) is 13.1. The van der Waals surface area contributed by atoms with Gasteiger partial charge in [0.05, 0.1) is 18.0 Å². The van der Waals surface area contributed by atoms with Gasteiger partial charge in [-0.05, 0) is 37.0 Å². The summed E-state index contributed by atoms with van der Waals surface area (Å²) in [6.45, 7) is 4.86. The summed E-state index contributed by atoms with van der Waals surface area (Å²) in [6, 6.07) is 7.17. The number of likely N-dealkylation sites (tertiary alicyclic amines) is 1. The largest absolute Gasteiger partial charge is 0.342 e. The van der Waals surface area contributed by atoms with Crippen LogP contribution in [0.25, 0.3) is 0 Å². The molecule has 0 amide bonds. The molecule has 114 valence electrons. The molecule has 6 heteroatoms. The van der Waals surface area contributed by atoms with Crippen LogP contribution in [0.5, 0.6) is 0 Å². The van der Waals surface area contributed by atoms with E-state index in [1.165, 1.54) is 4.31 Å². The highest BCUT2D eigenvalue weighted by atomic mass is 32.2. The molecule has 21 heavy (non-hydrogen) atoms. The van der Waals surface area contributed by atoms with Gasteiger partial charge in [0.1, 0.15) is 0 Å². The minimum atomic E-state index is -3.49. The van der Waals surface area contributed by atoms with Crippen molar-refractivity contribution in [3.63, 3.8) is 0 Å². The molecule has 0 spiro atoms. The van der Waals surface area contributed by atoms with Gasteiger partial charge in [0, 0.05) is 13.1 Å². The molecule has 0 radical (unpaired) electrons. The minimum absolute atomic E-state index is 0.355. The Kier molecular flexibility index (Phi) is 3.89. The predicted octanol–water partition coefficient (Wildman–Crippen LogP) is 1.71. The summed E-state index contributed by atoms with van der Waals surface area (Å²) in [6.07, 6.45) is 3.13. The molecule has 0 N–H and O–H groups in total. The lowest BCUT2D eigenvalue weighted by Crippen LogP contribution is -2.43. The first-order valence-electron chi connectivity index (χ1n) is 7.54. The lowest BCUT2D eigenvalue weighted by molar-refractivity contribution is 0.452. The van der Waals surface area contributed by atoms with Gasteiger partial charge >= 0.3 is 0 Å². The van der Waals surface area contributed by atoms with Crippen LogP contribution in [0.3, 0.4) is 0 Å². The first-order chi connectivity index (χ1) is 10.1. The van der Waals surface area contributed by atoms with Gasteiger partial charge in [-0.25, -0.2) is 12.7 Å². The first-order valence-corrected chi connectivity index (χ1v) is 8.98. The second kappa shape index (κ2) is 5.67. The van der Waals surface area contributed by atoms with Crippen molar-refractivity contribution in [1.29, 1.82) is 0 Å². The van der Waals surface area contributed by atoms with Crippen molar-refractivity contribution >= 4 is 16.0 Å². The Morgan fingerprint density at radius 2 is 1.76 bits per heavy atom. The summed E-state index contributed by atoms with van der Waals surface area (Å²) in [5.74, 6) is 0.632. The van der Waals surface area contributed by atoms with Gasteiger partial charge in [0.2, 0.25) is 5.96 Å². The SMILES string of the molecule is CCc1ccc(S(=O)(=O)N2CCN=C2N2CCCC2)cc1. The first kappa shape index (κ1) is 14.4. The second-order valence-corrected chi connectivity index (χ2v) is 7.31. The van der Waals surface area contributed by atoms with Crippen molar-refractivity contribution in [2.75, 3.05) is 26.2 Å². The molecule has 0 aliphatic carbocycles. The average molecular weight is 307 g/mol. The second-order valence-electron chi connectivity index (χ2n) is 5.45. The minimum Gasteiger partial charge on any atom is -0.342 e. The van der Waals surface area contributed by atoms with E-state index in [9.17, 15) is 8.42 Å². The Labute approximate surface area is 126 Å². The van der Waals surface area contributed by atoms with Crippen LogP contribution in [-0.2, 0) is 16.4 Å². The maximum atomic E-state index is 12.8. The normalized spacial score (nSPS) is 19.2. The van der Waals surface area contributed by atoms with Gasteiger partial charge in [0.15, 0.2) is 0 Å². The van der Waals surface area contributed by atoms with Crippen LogP contribution in [0.2, 0.25) is 0 Å². The summed E-state index contributed by atoms with van der Waals surface area (Å²) in [4.78, 5) is 6.86. The van der Waals surface area contributed by atoms with E-state index < -0.39 is 10.0 Å². The molecule has 0 saturated carbocycles. The molecule has 0 bridgehead atoms. The molecule has 2 aliphatic rings. The van der Waals surface area contributed by atoms with Gasteiger partial charge in [0.25, 0.3) is 10.0 Å². The van der Waals surface area contributed by atoms with Crippen molar-refractivity contribution in [1.82, 2.24) is 9.21 Å². The van der Waals surface area contributed by atoms with Gasteiger partial charge in [-0.3, -0.25) is 4.99 Å². The summed E-state index contributed by atoms with van der Waals surface area (Å²) in [7, 11) is -3.49. The van der Waals surface area contributed by atoms with E-state index >= 15 is 0 Å². The van der Waals surface area contributed by atoms with Gasteiger partial charge in [-0.1, -0.05) is 19.1 Å². The number of nitrogens with zero attached hydrogens (tertiary/aromatic N) is 3. The van der Waals surface area contributed by atoms with Gasteiger partial charge in [-0.2, -0.15) is 0 Å². The van der Waals surface area contributed by atoms with Gasteiger partial charge in [-0.15, -0.1) is 0 Å². The molecule has 1 aromatic rings. The molecule has 0 atom stereocenters. The van der Waals surface area contributed by atoms with Crippen LogP contribution in [0, 0.1) is 0 Å². The third kappa shape index (κ3) is 2.64. The van der Waals surface area contributed by atoms with E-state index in [-0.39, 0.29) is 0 Å². The number of hydrogen-bond acceptors (Lipinski definition) is 4. The molecule has 1 fully saturated rings. The van der Waals surface area contributed by atoms with Crippen LogP contribution < -0.4 is 0 Å². The third-order valence-electron chi connectivity index (χ3n) is 4.09. The summed E-state index contributed by atoms with van der Waals surface area (Å²) >= 11 is 0. The van der Waals surface area contributed by atoms with Crippen LogP contribution in [-0.4, -0.2) is 49.8 Å². The molecule has 1 aromatic carbocycles. The topological polar surface area (TPSA) is 53.0 Å². The maximum Gasteiger partial charge on any atom is 0.266 e. The standard InChI is InChI=1S/C15H21N3O2S/c1-2-13-5-7-14(8-6-13)21(19,20)18-12-9-16-15(18)17-10-3-4-11-17/h5-8H,2-4,9-12H2,1H3. The molecule has 3 rings (SSSR count). The predicted molar refractivity (Wildman–Crippen MR) is 82.8 cm³/mol. The van der Waals surface area contributed by atoms with Crippen molar-refractivity contribution < 1.29 is 8.42 Å². The molecule has 5 nitrogen and oxygen atoms in total. The van der Waals surface area contributed by atoms with Crippen LogP contribution in [0.4, 0.5) is 0 Å². The van der Waals surface area contributed by atoms with Gasteiger partial charge < -0.3 is 4.90 Å². The maximum absolute atomic E-state index is 12.8. The lowest BCUT2D eigenvalue weighted by Gasteiger charge is -2.26. The highest BCUT2D eigenvalue weighted by molar-refractivity contribution is 7.89. The third-order valence-corrected chi connectivity index (χ3v) is 5.88. The van der Waals surface area contributed by atoms with Crippen molar-refractivity contribution in [3.8, 4) is 0 Å². The lowest BCUT2D eigenvalue weighted by atomic mass is 10.2. The van der Waals surface area contributed by atoms with E-state index in [0.717, 1.165) is 37.9 Å². The quantitative estimate of drug-likeness (QED) is 0.854. The van der Waals surface area contributed by atoms with Crippen molar-refractivity contribution in [3.05, 3.63) is 29.8 Å². The molecular weight excluding hydrogens is 286 g/mol.